The summed E-state index contributed by atoms with van der Waals surface area (Å²) in [6.45, 7) is 0.180. The lowest BCUT2D eigenvalue weighted by Gasteiger charge is -2.01. The first-order valence-electron chi connectivity index (χ1n) is 2.92. The van der Waals surface area contributed by atoms with E-state index in [9.17, 15) is 17.2 Å². The molecule has 1 unspecified atom stereocenters. The van der Waals surface area contributed by atoms with Crippen molar-refractivity contribution in [2.75, 3.05) is 18.2 Å². The number of hydrogen-bond acceptors (Lipinski definition) is 2. The molecule has 0 amide bonds. The smallest absolute Gasteiger partial charge is 0.152 e. The third-order valence-corrected chi connectivity index (χ3v) is 2.79. The SMILES string of the molecule is CCS(=O)(=O)CC(F)CF. The van der Waals surface area contributed by atoms with E-state index < -0.39 is 28.4 Å². The van der Waals surface area contributed by atoms with Gasteiger partial charge in [-0.2, -0.15) is 0 Å². The summed E-state index contributed by atoms with van der Waals surface area (Å²) >= 11 is 0. The average Bonchev–Trinajstić information content (AvgIpc) is 1.87. The van der Waals surface area contributed by atoms with Crippen LogP contribution in [-0.4, -0.2) is 32.8 Å². The first kappa shape index (κ1) is 9.81. The summed E-state index contributed by atoms with van der Waals surface area (Å²) in [5.74, 6) is -0.826. The van der Waals surface area contributed by atoms with Gasteiger partial charge in [-0.25, -0.2) is 17.2 Å². The van der Waals surface area contributed by atoms with Crippen LogP contribution in [0.3, 0.4) is 0 Å². The summed E-state index contributed by atoms with van der Waals surface area (Å²) in [5, 5.41) is 0. The number of rotatable bonds is 4. The summed E-state index contributed by atoms with van der Waals surface area (Å²) < 4.78 is 44.6. The maximum Gasteiger partial charge on any atom is 0.152 e. The molecule has 0 fully saturated rings. The van der Waals surface area contributed by atoms with Gasteiger partial charge in [0.15, 0.2) is 9.84 Å². The zero-order chi connectivity index (χ0) is 8.20. The minimum atomic E-state index is -3.35. The number of halogens is 2. The molecule has 0 saturated heterocycles. The molecule has 1 atom stereocenters. The van der Waals surface area contributed by atoms with E-state index in [0.717, 1.165) is 0 Å². The fourth-order valence-corrected chi connectivity index (χ4v) is 1.31. The van der Waals surface area contributed by atoms with Crippen molar-refractivity contribution in [1.29, 1.82) is 0 Å². The molecule has 0 heterocycles. The standard InChI is InChI=1S/C5H10F2O2S/c1-2-10(8,9)4-5(7)3-6/h5H,2-4H2,1H3. The molecule has 0 aliphatic rings. The molecule has 2 nitrogen and oxygen atoms in total. The van der Waals surface area contributed by atoms with Gasteiger partial charge in [-0.3, -0.25) is 0 Å². The van der Waals surface area contributed by atoms with Crippen LogP contribution in [0.4, 0.5) is 8.78 Å². The van der Waals surface area contributed by atoms with Gasteiger partial charge in [-0.05, 0) is 0 Å². The van der Waals surface area contributed by atoms with Crippen LogP contribution in [0.2, 0.25) is 0 Å². The first-order valence-corrected chi connectivity index (χ1v) is 4.74. The molecular weight excluding hydrogens is 162 g/mol. The molecule has 0 bridgehead atoms. The van der Waals surface area contributed by atoms with Crippen molar-refractivity contribution in [3.63, 3.8) is 0 Å². The van der Waals surface area contributed by atoms with Crippen LogP contribution < -0.4 is 0 Å². The zero-order valence-corrected chi connectivity index (χ0v) is 6.50. The number of hydrogen-bond donors (Lipinski definition) is 0. The molecular formula is C5H10F2O2S. The number of sulfone groups is 1. The topological polar surface area (TPSA) is 34.1 Å². The summed E-state index contributed by atoms with van der Waals surface area (Å²) in [5.41, 5.74) is 0. The Morgan fingerprint density at radius 1 is 1.50 bits per heavy atom. The third-order valence-electron chi connectivity index (χ3n) is 1.04. The van der Waals surface area contributed by atoms with E-state index in [2.05, 4.69) is 0 Å². The van der Waals surface area contributed by atoms with Gasteiger partial charge in [0.2, 0.25) is 0 Å². The largest absolute Gasteiger partial charge is 0.248 e. The highest BCUT2D eigenvalue weighted by Gasteiger charge is 2.15. The Balaban J connectivity index is 3.90. The van der Waals surface area contributed by atoms with Gasteiger partial charge in [0.25, 0.3) is 0 Å². The second-order valence-electron chi connectivity index (χ2n) is 1.95. The molecule has 0 aromatic heterocycles. The van der Waals surface area contributed by atoms with Crippen molar-refractivity contribution in [3.8, 4) is 0 Å². The highest BCUT2D eigenvalue weighted by molar-refractivity contribution is 7.91. The van der Waals surface area contributed by atoms with Crippen LogP contribution in [-0.2, 0) is 9.84 Å². The lowest BCUT2D eigenvalue weighted by molar-refractivity contribution is 0.283. The summed E-state index contributed by atoms with van der Waals surface area (Å²) in [7, 11) is -3.35. The molecule has 5 heteroatoms. The van der Waals surface area contributed by atoms with Gasteiger partial charge in [0.1, 0.15) is 12.8 Å². The molecule has 0 aromatic rings. The van der Waals surface area contributed by atoms with Gasteiger partial charge in [0, 0.05) is 5.75 Å². The van der Waals surface area contributed by atoms with Crippen molar-refractivity contribution in [2.45, 2.75) is 13.1 Å². The van der Waals surface area contributed by atoms with Gasteiger partial charge >= 0.3 is 0 Å². The number of alkyl halides is 2. The van der Waals surface area contributed by atoms with E-state index in [1.807, 2.05) is 0 Å². The predicted octanol–water partition coefficient (Wildman–Crippen LogP) is 0.729. The second-order valence-corrected chi connectivity index (χ2v) is 4.35. The fraction of sp³-hybridized carbons (Fsp3) is 1.00. The molecule has 0 rings (SSSR count). The van der Waals surface area contributed by atoms with Crippen LogP contribution in [0.1, 0.15) is 6.92 Å². The quantitative estimate of drug-likeness (QED) is 0.626. The highest BCUT2D eigenvalue weighted by atomic mass is 32.2. The van der Waals surface area contributed by atoms with Crippen molar-refractivity contribution >= 4 is 9.84 Å². The first-order chi connectivity index (χ1) is 4.52. The van der Waals surface area contributed by atoms with Crippen LogP contribution in [0.5, 0.6) is 0 Å². The Kier molecular flexibility index (Phi) is 3.78. The van der Waals surface area contributed by atoms with Crippen molar-refractivity contribution < 1.29 is 17.2 Å². The minimum absolute atomic E-state index is 0.132. The van der Waals surface area contributed by atoms with E-state index in [4.69, 9.17) is 0 Å². The molecule has 10 heavy (non-hydrogen) atoms. The molecule has 0 aromatic carbocycles. The minimum Gasteiger partial charge on any atom is -0.248 e. The van der Waals surface area contributed by atoms with E-state index in [-0.39, 0.29) is 5.75 Å². The van der Waals surface area contributed by atoms with Gasteiger partial charge in [-0.15, -0.1) is 0 Å². The average molecular weight is 172 g/mol. The molecule has 0 aliphatic heterocycles. The summed E-state index contributed by atoms with van der Waals surface area (Å²) in [6, 6.07) is 0. The van der Waals surface area contributed by atoms with E-state index in [1.165, 1.54) is 6.92 Å². The van der Waals surface area contributed by atoms with Crippen molar-refractivity contribution in [1.82, 2.24) is 0 Å². The molecule has 0 radical (unpaired) electrons. The van der Waals surface area contributed by atoms with E-state index in [1.54, 1.807) is 0 Å². The Hall–Kier alpha value is -0.190. The normalized spacial score (nSPS) is 15.1. The summed E-state index contributed by atoms with van der Waals surface area (Å²) in [6.07, 6.45) is -1.86. The maximum absolute atomic E-state index is 12.1. The lowest BCUT2D eigenvalue weighted by Crippen LogP contribution is -2.20. The second kappa shape index (κ2) is 3.85. The molecule has 0 aliphatic carbocycles. The third kappa shape index (κ3) is 3.76. The van der Waals surface area contributed by atoms with Crippen molar-refractivity contribution in [2.24, 2.45) is 0 Å². The Bertz CT molecular complexity index is 176. The van der Waals surface area contributed by atoms with Gasteiger partial charge < -0.3 is 0 Å². The van der Waals surface area contributed by atoms with Crippen molar-refractivity contribution in [3.05, 3.63) is 0 Å². The predicted molar refractivity (Wildman–Crippen MR) is 35.2 cm³/mol. The van der Waals surface area contributed by atoms with Crippen LogP contribution in [0, 0.1) is 0 Å². The highest BCUT2D eigenvalue weighted by Crippen LogP contribution is 1.98. The van der Waals surface area contributed by atoms with Gasteiger partial charge in [0.05, 0.1) is 5.75 Å². The Morgan fingerprint density at radius 3 is 2.30 bits per heavy atom. The fourth-order valence-electron chi connectivity index (χ4n) is 0.438. The molecule has 62 valence electrons. The maximum atomic E-state index is 12.1. The van der Waals surface area contributed by atoms with Crippen LogP contribution in [0.15, 0.2) is 0 Å². The Morgan fingerprint density at radius 2 is 2.00 bits per heavy atom. The van der Waals surface area contributed by atoms with Gasteiger partial charge in [-0.1, -0.05) is 6.92 Å². The zero-order valence-electron chi connectivity index (χ0n) is 5.68. The van der Waals surface area contributed by atoms with Crippen LogP contribution >= 0.6 is 0 Å². The molecule has 0 saturated carbocycles. The molecule has 0 N–H and O–H groups in total. The molecule has 0 spiro atoms. The van der Waals surface area contributed by atoms with Crippen LogP contribution in [0.25, 0.3) is 0 Å². The van der Waals surface area contributed by atoms with E-state index in [0.29, 0.717) is 0 Å². The van der Waals surface area contributed by atoms with E-state index >= 15 is 0 Å². The summed E-state index contributed by atoms with van der Waals surface area (Å²) in [4.78, 5) is 0. The Labute approximate surface area is 59.2 Å². The monoisotopic (exact) mass is 172 g/mol. The lowest BCUT2D eigenvalue weighted by atomic mass is 10.5.